The molecular formula is C16H21N3O. The Morgan fingerprint density at radius 3 is 2.60 bits per heavy atom. The maximum Gasteiger partial charge on any atom is 0.237 e. The predicted octanol–water partition coefficient (Wildman–Crippen LogP) is 3.33. The summed E-state index contributed by atoms with van der Waals surface area (Å²) in [4.78, 5) is 8.65. The van der Waals surface area contributed by atoms with Gasteiger partial charge in [0.05, 0.1) is 18.1 Å². The van der Waals surface area contributed by atoms with Crippen LogP contribution in [-0.2, 0) is 13.0 Å². The molecule has 0 amide bonds. The van der Waals surface area contributed by atoms with E-state index in [9.17, 15) is 0 Å². The molecule has 2 rings (SSSR count). The van der Waals surface area contributed by atoms with Crippen LogP contribution in [0, 0.1) is 0 Å². The zero-order valence-electron chi connectivity index (χ0n) is 12.3. The van der Waals surface area contributed by atoms with E-state index in [0.717, 1.165) is 24.4 Å². The van der Waals surface area contributed by atoms with Crippen LogP contribution in [0.15, 0.2) is 36.7 Å². The minimum atomic E-state index is 0.434. The lowest BCUT2D eigenvalue weighted by atomic mass is 10.1. The molecule has 0 radical (unpaired) electrons. The molecule has 106 valence electrons. The van der Waals surface area contributed by atoms with Crippen molar-refractivity contribution in [3.8, 4) is 11.6 Å². The largest absolute Gasteiger partial charge is 0.437 e. The van der Waals surface area contributed by atoms with Crippen molar-refractivity contribution in [3.05, 3.63) is 47.9 Å². The molecule has 1 heterocycles. The lowest BCUT2D eigenvalue weighted by Crippen LogP contribution is -2.22. The van der Waals surface area contributed by atoms with Crippen molar-refractivity contribution < 1.29 is 4.74 Å². The Morgan fingerprint density at radius 2 is 1.95 bits per heavy atom. The number of benzene rings is 1. The fourth-order valence-corrected chi connectivity index (χ4v) is 1.80. The van der Waals surface area contributed by atoms with Crippen molar-refractivity contribution >= 4 is 0 Å². The summed E-state index contributed by atoms with van der Waals surface area (Å²) in [5.41, 5.74) is 2.08. The Labute approximate surface area is 120 Å². The van der Waals surface area contributed by atoms with Crippen LogP contribution in [0.25, 0.3) is 0 Å². The third kappa shape index (κ3) is 4.03. The Hall–Kier alpha value is -1.94. The molecule has 0 aliphatic rings. The standard InChI is InChI=1S/C16H21N3O/c1-4-13-7-5-6-8-15(13)20-16-11-18-14(10-19-16)9-17-12(2)3/h5-8,10-12,17H,4,9H2,1-3H3. The summed E-state index contributed by atoms with van der Waals surface area (Å²) in [5.74, 6) is 1.37. The van der Waals surface area contributed by atoms with Crippen LogP contribution in [0.3, 0.4) is 0 Å². The van der Waals surface area contributed by atoms with E-state index in [1.807, 2.05) is 18.2 Å². The van der Waals surface area contributed by atoms with Crippen LogP contribution in [-0.4, -0.2) is 16.0 Å². The second-order valence-electron chi connectivity index (χ2n) is 4.94. The number of aryl methyl sites for hydroxylation is 1. The fourth-order valence-electron chi connectivity index (χ4n) is 1.80. The van der Waals surface area contributed by atoms with Gasteiger partial charge in [0.2, 0.25) is 5.88 Å². The zero-order valence-corrected chi connectivity index (χ0v) is 12.3. The summed E-state index contributed by atoms with van der Waals surface area (Å²) in [7, 11) is 0. The quantitative estimate of drug-likeness (QED) is 0.875. The smallest absolute Gasteiger partial charge is 0.237 e. The number of hydrogen-bond donors (Lipinski definition) is 1. The summed E-state index contributed by atoms with van der Waals surface area (Å²) >= 11 is 0. The molecule has 0 fully saturated rings. The first-order valence-electron chi connectivity index (χ1n) is 6.99. The molecule has 1 aromatic carbocycles. The Morgan fingerprint density at radius 1 is 1.15 bits per heavy atom. The molecule has 20 heavy (non-hydrogen) atoms. The first-order valence-corrected chi connectivity index (χ1v) is 6.99. The van der Waals surface area contributed by atoms with Gasteiger partial charge in [0, 0.05) is 12.6 Å². The topological polar surface area (TPSA) is 47.0 Å². The molecule has 0 saturated carbocycles. The third-order valence-corrected chi connectivity index (χ3v) is 2.94. The normalized spacial score (nSPS) is 10.8. The van der Waals surface area contributed by atoms with Crippen LogP contribution in [0.5, 0.6) is 11.6 Å². The van der Waals surface area contributed by atoms with E-state index in [1.54, 1.807) is 12.4 Å². The van der Waals surface area contributed by atoms with Crippen molar-refractivity contribution in [1.82, 2.24) is 15.3 Å². The molecular weight excluding hydrogens is 250 g/mol. The van der Waals surface area contributed by atoms with Gasteiger partial charge in [-0.2, -0.15) is 0 Å². The minimum Gasteiger partial charge on any atom is -0.437 e. The van der Waals surface area contributed by atoms with Crippen molar-refractivity contribution in [2.24, 2.45) is 0 Å². The maximum absolute atomic E-state index is 5.79. The molecule has 0 bridgehead atoms. The van der Waals surface area contributed by atoms with Gasteiger partial charge in [0.1, 0.15) is 5.75 Å². The van der Waals surface area contributed by atoms with Crippen molar-refractivity contribution in [1.29, 1.82) is 0 Å². The zero-order chi connectivity index (χ0) is 14.4. The molecule has 1 N–H and O–H groups in total. The monoisotopic (exact) mass is 271 g/mol. The number of para-hydroxylation sites is 1. The van der Waals surface area contributed by atoms with Gasteiger partial charge >= 0.3 is 0 Å². The number of nitrogens with one attached hydrogen (secondary N) is 1. The summed E-state index contributed by atoms with van der Waals surface area (Å²) in [5, 5.41) is 3.31. The molecule has 0 aliphatic heterocycles. The van der Waals surface area contributed by atoms with Gasteiger partial charge in [-0.05, 0) is 18.1 Å². The summed E-state index contributed by atoms with van der Waals surface area (Å²) in [6.07, 6.45) is 4.35. The lowest BCUT2D eigenvalue weighted by molar-refractivity contribution is 0.453. The molecule has 0 aliphatic carbocycles. The number of nitrogens with zero attached hydrogens (tertiary/aromatic N) is 2. The average molecular weight is 271 g/mol. The summed E-state index contributed by atoms with van der Waals surface area (Å²) in [6, 6.07) is 8.42. The summed E-state index contributed by atoms with van der Waals surface area (Å²) in [6.45, 7) is 7.03. The fraction of sp³-hybridized carbons (Fsp3) is 0.375. The number of rotatable bonds is 6. The first kappa shape index (κ1) is 14.5. The molecule has 1 aromatic heterocycles. The Kier molecular flexibility index (Phi) is 5.07. The Balaban J connectivity index is 2.03. The van der Waals surface area contributed by atoms with Gasteiger partial charge < -0.3 is 10.1 Å². The Bertz CT molecular complexity index is 538. The van der Waals surface area contributed by atoms with E-state index in [1.165, 1.54) is 5.56 Å². The van der Waals surface area contributed by atoms with E-state index in [0.29, 0.717) is 11.9 Å². The van der Waals surface area contributed by atoms with Gasteiger partial charge in [0.15, 0.2) is 0 Å². The SMILES string of the molecule is CCc1ccccc1Oc1cnc(CNC(C)C)cn1. The molecule has 4 nitrogen and oxygen atoms in total. The van der Waals surface area contributed by atoms with Crippen molar-refractivity contribution in [2.45, 2.75) is 39.8 Å². The van der Waals surface area contributed by atoms with Crippen LogP contribution < -0.4 is 10.1 Å². The van der Waals surface area contributed by atoms with E-state index in [-0.39, 0.29) is 0 Å². The van der Waals surface area contributed by atoms with Gasteiger partial charge in [0.25, 0.3) is 0 Å². The van der Waals surface area contributed by atoms with Crippen LogP contribution in [0.4, 0.5) is 0 Å². The van der Waals surface area contributed by atoms with Crippen LogP contribution in [0.1, 0.15) is 32.0 Å². The number of ether oxygens (including phenoxy) is 1. The highest BCUT2D eigenvalue weighted by Gasteiger charge is 2.04. The second kappa shape index (κ2) is 7.01. The van der Waals surface area contributed by atoms with Gasteiger partial charge in [-0.1, -0.05) is 39.0 Å². The molecule has 0 saturated heterocycles. The molecule has 2 aromatic rings. The molecule has 0 unspecified atom stereocenters. The van der Waals surface area contributed by atoms with Crippen molar-refractivity contribution in [2.75, 3.05) is 0 Å². The third-order valence-electron chi connectivity index (χ3n) is 2.94. The average Bonchev–Trinajstić information content (AvgIpc) is 2.47. The van der Waals surface area contributed by atoms with Crippen LogP contribution >= 0.6 is 0 Å². The maximum atomic E-state index is 5.79. The molecule has 0 atom stereocenters. The van der Waals surface area contributed by atoms with Gasteiger partial charge in [-0.3, -0.25) is 4.98 Å². The van der Waals surface area contributed by atoms with Crippen LogP contribution in [0.2, 0.25) is 0 Å². The second-order valence-corrected chi connectivity index (χ2v) is 4.94. The van der Waals surface area contributed by atoms with E-state index < -0.39 is 0 Å². The highest BCUT2D eigenvalue weighted by molar-refractivity contribution is 5.35. The lowest BCUT2D eigenvalue weighted by Gasteiger charge is -2.10. The molecule has 4 heteroatoms. The predicted molar refractivity (Wildman–Crippen MR) is 79.9 cm³/mol. The minimum absolute atomic E-state index is 0.434. The first-order chi connectivity index (χ1) is 9.69. The highest BCUT2D eigenvalue weighted by atomic mass is 16.5. The van der Waals surface area contributed by atoms with Gasteiger partial charge in [-0.25, -0.2) is 4.98 Å². The van der Waals surface area contributed by atoms with E-state index >= 15 is 0 Å². The number of aromatic nitrogens is 2. The number of hydrogen-bond acceptors (Lipinski definition) is 4. The van der Waals surface area contributed by atoms with Crippen molar-refractivity contribution in [3.63, 3.8) is 0 Å². The highest BCUT2D eigenvalue weighted by Crippen LogP contribution is 2.23. The van der Waals surface area contributed by atoms with Gasteiger partial charge in [-0.15, -0.1) is 0 Å². The summed E-state index contributed by atoms with van der Waals surface area (Å²) < 4.78 is 5.79. The van der Waals surface area contributed by atoms with E-state index in [2.05, 4.69) is 42.1 Å². The van der Waals surface area contributed by atoms with E-state index in [4.69, 9.17) is 4.74 Å². The molecule has 0 spiro atoms.